The first-order valence-electron chi connectivity index (χ1n) is 6.85. The summed E-state index contributed by atoms with van der Waals surface area (Å²) in [7, 11) is 0. The number of anilines is 2. The normalized spacial score (nSPS) is 14.2. The lowest BCUT2D eigenvalue weighted by atomic mass is 9.96. The third-order valence-corrected chi connectivity index (χ3v) is 3.32. The van der Waals surface area contributed by atoms with Gasteiger partial charge in [-0.15, -0.1) is 0 Å². The number of hydrogen-bond donors (Lipinski definition) is 3. The molecule has 0 aliphatic carbocycles. The van der Waals surface area contributed by atoms with Crippen LogP contribution in [0.2, 0.25) is 0 Å². The van der Waals surface area contributed by atoms with Gasteiger partial charge in [0.05, 0.1) is 17.7 Å². The average molecular weight is 275 g/mol. The van der Waals surface area contributed by atoms with E-state index in [1.807, 2.05) is 13.0 Å². The fourth-order valence-electron chi connectivity index (χ4n) is 2.11. The van der Waals surface area contributed by atoms with E-state index in [0.717, 1.165) is 19.3 Å². The van der Waals surface area contributed by atoms with Crippen LogP contribution in [-0.4, -0.2) is 32.2 Å². The molecule has 0 fully saturated rings. The summed E-state index contributed by atoms with van der Waals surface area (Å²) in [5.74, 6) is 0.768. The summed E-state index contributed by atoms with van der Waals surface area (Å²) in [6.45, 7) is 4.11. The van der Waals surface area contributed by atoms with E-state index in [1.54, 1.807) is 12.3 Å². The van der Waals surface area contributed by atoms with Gasteiger partial charge in [0.2, 0.25) is 5.95 Å². The molecule has 1 unspecified atom stereocenters. The van der Waals surface area contributed by atoms with Crippen molar-refractivity contribution in [1.29, 1.82) is 0 Å². The first kappa shape index (κ1) is 14.5. The standard InChI is InChI=1S/C14H21N5O/c1-3-4-7-14(2,9-20)19-12-11-10(6-5-8-16-11)17-13(15)18-12/h5-6,8,20H,3-4,7,9H2,1-2H3,(H3,15,17,18,19). The molecule has 2 heterocycles. The van der Waals surface area contributed by atoms with Gasteiger partial charge in [0.15, 0.2) is 5.82 Å². The lowest BCUT2D eigenvalue weighted by molar-refractivity contribution is 0.212. The molecular weight excluding hydrogens is 254 g/mol. The Hall–Kier alpha value is -1.95. The minimum Gasteiger partial charge on any atom is -0.394 e. The lowest BCUT2D eigenvalue weighted by Crippen LogP contribution is -2.39. The second kappa shape index (κ2) is 6.00. The SMILES string of the molecule is CCCCC(C)(CO)Nc1nc(N)nc2cccnc12. The van der Waals surface area contributed by atoms with Crippen LogP contribution in [0.1, 0.15) is 33.1 Å². The zero-order valence-electron chi connectivity index (χ0n) is 11.9. The number of nitrogen functional groups attached to an aromatic ring is 1. The van der Waals surface area contributed by atoms with E-state index >= 15 is 0 Å². The fourth-order valence-corrected chi connectivity index (χ4v) is 2.11. The molecule has 0 saturated heterocycles. The Kier molecular flexibility index (Phi) is 4.34. The topological polar surface area (TPSA) is 97.0 Å². The highest BCUT2D eigenvalue weighted by molar-refractivity contribution is 5.86. The highest BCUT2D eigenvalue weighted by atomic mass is 16.3. The van der Waals surface area contributed by atoms with Crippen LogP contribution in [0.15, 0.2) is 18.3 Å². The molecule has 2 rings (SSSR count). The van der Waals surface area contributed by atoms with E-state index in [-0.39, 0.29) is 12.6 Å². The highest BCUT2D eigenvalue weighted by Crippen LogP contribution is 2.24. The molecule has 0 spiro atoms. The fraction of sp³-hybridized carbons (Fsp3) is 0.500. The Labute approximate surface area is 118 Å². The number of nitrogens with one attached hydrogen (secondary N) is 1. The Morgan fingerprint density at radius 2 is 2.20 bits per heavy atom. The quantitative estimate of drug-likeness (QED) is 0.745. The van der Waals surface area contributed by atoms with Gasteiger partial charge in [0.1, 0.15) is 5.52 Å². The zero-order valence-corrected chi connectivity index (χ0v) is 11.9. The van der Waals surface area contributed by atoms with Crippen LogP contribution in [0.4, 0.5) is 11.8 Å². The maximum Gasteiger partial charge on any atom is 0.222 e. The molecule has 2 aromatic heterocycles. The number of fused-ring (bicyclic) bond motifs is 1. The molecular formula is C14H21N5O. The van der Waals surface area contributed by atoms with Gasteiger partial charge in [0.25, 0.3) is 0 Å². The van der Waals surface area contributed by atoms with E-state index in [2.05, 4.69) is 27.2 Å². The van der Waals surface area contributed by atoms with Gasteiger partial charge >= 0.3 is 0 Å². The predicted octanol–water partition coefficient (Wildman–Crippen LogP) is 1.96. The van der Waals surface area contributed by atoms with Crippen molar-refractivity contribution in [3.63, 3.8) is 0 Å². The molecule has 0 bridgehead atoms. The van der Waals surface area contributed by atoms with Gasteiger partial charge in [-0.05, 0) is 25.5 Å². The van der Waals surface area contributed by atoms with Crippen molar-refractivity contribution < 1.29 is 5.11 Å². The summed E-state index contributed by atoms with van der Waals surface area (Å²) in [4.78, 5) is 12.7. The minimum atomic E-state index is -0.443. The molecule has 4 N–H and O–H groups in total. The predicted molar refractivity (Wildman–Crippen MR) is 80.4 cm³/mol. The second-order valence-electron chi connectivity index (χ2n) is 5.25. The van der Waals surface area contributed by atoms with Crippen LogP contribution in [0.5, 0.6) is 0 Å². The summed E-state index contributed by atoms with van der Waals surface area (Å²) < 4.78 is 0. The van der Waals surface area contributed by atoms with Crippen LogP contribution in [-0.2, 0) is 0 Å². The molecule has 0 aliphatic rings. The maximum absolute atomic E-state index is 9.66. The Morgan fingerprint density at radius 3 is 2.90 bits per heavy atom. The molecule has 1 atom stereocenters. The smallest absolute Gasteiger partial charge is 0.222 e. The van der Waals surface area contributed by atoms with Gasteiger partial charge < -0.3 is 16.2 Å². The van der Waals surface area contributed by atoms with Gasteiger partial charge in [-0.3, -0.25) is 4.98 Å². The van der Waals surface area contributed by atoms with Crippen LogP contribution >= 0.6 is 0 Å². The van der Waals surface area contributed by atoms with Gasteiger partial charge in [-0.1, -0.05) is 19.8 Å². The zero-order chi connectivity index (χ0) is 14.6. The van der Waals surface area contributed by atoms with Crippen molar-refractivity contribution >= 4 is 22.8 Å². The van der Waals surface area contributed by atoms with Gasteiger partial charge in [0, 0.05) is 6.20 Å². The van der Waals surface area contributed by atoms with E-state index in [9.17, 15) is 5.11 Å². The number of unbranched alkanes of at least 4 members (excludes halogenated alkanes) is 1. The Morgan fingerprint density at radius 1 is 1.40 bits per heavy atom. The summed E-state index contributed by atoms with van der Waals surface area (Å²) in [6.07, 6.45) is 4.63. The monoisotopic (exact) mass is 275 g/mol. The number of rotatable bonds is 6. The van der Waals surface area contributed by atoms with E-state index in [1.165, 1.54) is 0 Å². The molecule has 108 valence electrons. The second-order valence-corrected chi connectivity index (χ2v) is 5.25. The number of hydrogen-bond acceptors (Lipinski definition) is 6. The van der Waals surface area contributed by atoms with Crippen LogP contribution in [0.3, 0.4) is 0 Å². The van der Waals surface area contributed by atoms with E-state index in [4.69, 9.17) is 5.73 Å². The molecule has 0 saturated carbocycles. The molecule has 2 aromatic rings. The van der Waals surface area contributed by atoms with Crippen molar-refractivity contribution in [2.45, 2.75) is 38.6 Å². The lowest BCUT2D eigenvalue weighted by Gasteiger charge is -2.29. The van der Waals surface area contributed by atoms with Crippen LogP contribution in [0, 0.1) is 0 Å². The number of aliphatic hydroxyl groups is 1. The molecule has 0 radical (unpaired) electrons. The summed E-state index contributed by atoms with van der Waals surface area (Å²) in [6, 6.07) is 3.65. The summed E-state index contributed by atoms with van der Waals surface area (Å²) in [5.41, 5.74) is 6.65. The number of nitrogens with zero attached hydrogens (tertiary/aromatic N) is 3. The van der Waals surface area contributed by atoms with Crippen molar-refractivity contribution in [3.05, 3.63) is 18.3 Å². The van der Waals surface area contributed by atoms with Crippen molar-refractivity contribution in [2.75, 3.05) is 17.7 Å². The highest BCUT2D eigenvalue weighted by Gasteiger charge is 2.24. The summed E-state index contributed by atoms with van der Waals surface area (Å²) >= 11 is 0. The van der Waals surface area contributed by atoms with Crippen molar-refractivity contribution in [3.8, 4) is 0 Å². The summed E-state index contributed by atoms with van der Waals surface area (Å²) in [5, 5.41) is 12.9. The number of aromatic nitrogens is 3. The van der Waals surface area contributed by atoms with Gasteiger partial charge in [-0.25, -0.2) is 4.98 Å². The van der Waals surface area contributed by atoms with Crippen molar-refractivity contribution in [2.24, 2.45) is 0 Å². The molecule has 20 heavy (non-hydrogen) atoms. The minimum absolute atomic E-state index is 0.0191. The van der Waals surface area contributed by atoms with E-state index in [0.29, 0.717) is 16.9 Å². The number of pyridine rings is 1. The Bertz CT molecular complexity index is 589. The first-order valence-corrected chi connectivity index (χ1v) is 6.85. The van der Waals surface area contributed by atoms with Crippen molar-refractivity contribution in [1.82, 2.24) is 15.0 Å². The van der Waals surface area contributed by atoms with E-state index < -0.39 is 5.54 Å². The van der Waals surface area contributed by atoms with Crippen LogP contribution < -0.4 is 11.1 Å². The largest absolute Gasteiger partial charge is 0.394 e. The number of nitrogens with two attached hydrogens (primary N) is 1. The number of aliphatic hydroxyl groups excluding tert-OH is 1. The Balaban J connectivity index is 2.36. The maximum atomic E-state index is 9.66. The average Bonchev–Trinajstić information content (AvgIpc) is 2.45. The molecule has 6 nitrogen and oxygen atoms in total. The van der Waals surface area contributed by atoms with Crippen LogP contribution in [0.25, 0.3) is 11.0 Å². The molecule has 0 aromatic carbocycles. The third kappa shape index (κ3) is 3.14. The van der Waals surface area contributed by atoms with Gasteiger partial charge in [-0.2, -0.15) is 4.98 Å². The molecule has 6 heteroatoms. The molecule has 0 amide bonds. The third-order valence-electron chi connectivity index (χ3n) is 3.32. The first-order chi connectivity index (χ1) is 9.58. The molecule has 0 aliphatic heterocycles.